The smallest absolute Gasteiger partial charge is 0.0502 e. The topological polar surface area (TPSA) is 29.3 Å². The first kappa shape index (κ1) is 12.6. The predicted octanol–water partition coefficient (Wildman–Crippen LogP) is 2.79. The lowest BCUT2D eigenvalue weighted by Crippen LogP contribution is -2.35. The van der Waals surface area contributed by atoms with Gasteiger partial charge in [0.2, 0.25) is 0 Å². The van der Waals surface area contributed by atoms with Gasteiger partial charge in [-0.1, -0.05) is 18.2 Å². The van der Waals surface area contributed by atoms with Crippen molar-refractivity contribution in [1.82, 2.24) is 4.90 Å². The van der Waals surface area contributed by atoms with Gasteiger partial charge in [0.15, 0.2) is 0 Å². The molecule has 0 aliphatic carbocycles. The van der Waals surface area contributed by atoms with Crippen molar-refractivity contribution in [3.8, 4) is 0 Å². The van der Waals surface area contributed by atoms with Gasteiger partial charge in [0.05, 0.1) is 6.04 Å². The van der Waals surface area contributed by atoms with Crippen molar-refractivity contribution in [2.45, 2.75) is 52.2 Å². The van der Waals surface area contributed by atoms with Crippen LogP contribution in [0.3, 0.4) is 0 Å². The van der Waals surface area contributed by atoms with Crippen LogP contribution in [-0.4, -0.2) is 23.5 Å². The molecule has 2 atom stereocenters. The Bertz CT molecular complexity index is 398. The SMILES string of the molecule is Cc1ccc(C2C(N)CCN2C(C)C)cc1C. The van der Waals surface area contributed by atoms with E-state index >= 15 is 0 Å². The summed E-state index contributed by atoms with van der Waals surface area (Å²) in [6, 6.07) is 8.01. The van der Waals surface area contributed by atoms with Crippen LogP contribution in [0.4, 0.5) is 0 Å². The first-order chi connectivity index (χ1) is 8.00. The van der Waals surface area contributed by atoms with Crippen LogP contribution in [0.1, 0.15) is 43.0 Å². The quantitative estimate of drug-likeness (QED) is 0.849. The molecule has 1 aromatic carbocycles. The lowest BCUT2D eigenvalue weighted by molar-refractivity contribution is 0.198. The minimum atomic E-state index is 0.277. The summed E-state index contributed by atoms with van der Waals surface area (Å²) in [5.74, 6) is 0. The zero-order chi connectivity index (χ0) is 12.6. The van der Waals surface area contributed by atoms with E-state index in [1.165, 1.54) is 16.7 Å². The fraction of sp³-hybridized carbons (Fsp3) is 0.600. The number of nitrogens with zero attached hydrogens (tertiary/aromatic N) is 1. The van der Waals surface area contributed by atoms with E-state index in [9.17, 15) is 0 Å². The van der Waals surface area contributed by atoms with E-state index in [1.807, 2.05) is 0 Å². The van der Waals surface area contributed by atoms with Crippen molar-refractivity contribution in [2.75, 3.05) is 6.54 Å². The van der Waals surface area contributed by atoms with Crippen LogP contribution in [0.15, 0.2) is 18.2 Å². The molecule has 0 saturated carbocycles. The molecule has 17 heavy (non-hydrogen) atoms. The van der Waals surface area contributed by atoms with Gasteiger partial charge >= 0.3 is 0 Å². The highest BCUT2D eigenvalue weighted by Crippen LogP contribution is 2.33. The Morgan fingerprint density at radius 1 is 1.24 bits per heavy atom. The van der Waals surface area contributed by atoms with Crippen LogP contribution in [0.5, 0.6) is 0 Å². The Labute approximate surface area is 105 Å². The van der Waals surface area contributed by atoms with E-state index in [0.29, 0.717) is 12.1 Å². The summed E-state index contributed by atoms with van der Waals surface area (Å²) in [5, 5.41) is 0. The molecule has 2 N–H and O–H groups in total. The maximum Gasteiger partial charge on any atom is 0.0502 e. The summed E-state index contributed by atoms with van der Waals surface area (Å²) in [6.45, 7) is 9.97. The van der Waals surface area contributed by atoms with Crippen LogP contribution < -0.4 is 5.73 Å². The number of rotatable bonds is 2. The Kier molecular flexibility index (Phi) is 3.55. The van der Waals surface area contributed by atoms with Gasteiger partial charge in [-0.25, -0.2) is 0 Å². The number of hydrogen-bond acceptors (Lipinski definition) is 2. The molecule has 0 spiro atoms. The van der Waals surface area contributed by atoms with Crippen molar-refractivity contribution in [1.29, 1.82) is 0 Å². The van der Waals surface area contributed by atoms with E-state index in [0.717, 1.165) is 13.0 Å². The Morgan fingerprint density at radius 2 is 1.94 bits per heavy atom. The van der Waals surface area contributed by atoms with Gasteiger partial charge in [0.25, 0.3) is 0 Å². The van der Waals surface area contributed by atoms with Gasteiger partial charge in [0, 0.05) is 18.6 Å². The normalized spacial score (nSPS) is 25.8. The van der Waals surface area contributed by atoms with Crippen molar-refractivity contribution < 1.29 is 0 Å². The Morgan fingerprint density at radius 3 is 2.53 bits per heavy atom. The molecular weight excluding hydrogens is 208 g/mol. The summed E-state index contributed by atoms with van der Waals surface area (Å²) in [7, 11) is 0. The Balaban J connectivity index is 2.33. The number of nitrogens with two attached hydrogens (primary N) is 1. The maximum absolute atomic E-state index is 6.29. The molecule has 0 amide bonds. The van der Waals surface area contributed by atoms with Gasteiger partial charge in [-0.15, -0.1) is 0 Å². The lowest BCUT2D eigenvalue weighted by atomic mass is 9.96. The molecule has 0 bridgehead atoms. The van der Waals surface area contributed by atoms with E-state index < -0.39 is 0 Å². The fourth-order valence-corrected chi connectivity index (χ4v) is 2.81. The summed E-state index contributed by atoms with van der Waals surface area (Å²) in [5.41, 5.74) is 10.4. The second-order valence-electron chi connectivity index (χ2n) is 5.57. The first-order valence-corrected chi connectivity index (χ1v) is 6.59. The molecule has 0 radical (unpaired) electrons. The zero-order valence-electron chi connectivity index (χ0n) is 11.4. The molecule has 1 heterocycles. The van der Waals surface area contributed by atoms with Gasteiger partial charge in [0.1, 0.15) is 0 Å². The van der Waals surface area contributed by atoms with Crippen LogP contribution in [0.2, 0.25) is 0 Å². The standard InChI is InChI=1S/C15H24N2/c1-10(2)17-8-7-14(16)15(17)13-6-5-11(3)12(4)9-13/h5-6,9-10,14-15H,7-8,16H2,1-4H3. The number of benzene rings is 1. The number of aryl methyl sites for hydroxylation is 2. The number of hydrogen-bond donors (Lipinski definition) is 1. The van der Waals surface area contributed by atoms with Gasteiger partial charge in [-0.05, 0) is 50.8 Å². The highest BCUT2D eigenvalue weighted by molar-refractivity contribution is 5.33. The maximum atomic E-state index is 6.29. The summed E-state index contributed by atoms with van der Waals surface area (Å²) in [6.07, 6.45) is 1.11. The summed E-state index contributed by atoms with van der Waals surface area (Å²) >= 11 is 0. The second-order valence-corrected chi connectivity index (χ2v) is 5.57. The molecular formula is C15H24N2. The summed E-state index contributed by atoms with van der Waals surface area (Å²) in [4.78, 5) is 2.52. The van der Waals surface area contributed by atoms with Gasteiger partial charge in [-0.2, -0.15) is 0 Å². The minimum absolute atomic E-state index is 0.277. The fourth-order valence-electron chi connectivity index (χ4n) is 2.81. The average Bonchev–Trinajstić information content (AvgIpc) is 2.64. The molecule has 1 fully saturated rings. The van der Waals surface area contributed by atoms with Crippen LogP contribution >= 0.6 is 0 Å². The molecule has 1 aromatic rings. The molecule has 94 valence electrons. The summed E-state index contributed by atoms with van der Waals surface area (Å²) < 4.78 is 0. The molecule has 2 nitrogen and oxygen atoms in total. The minimum Gasteiger partial charge on any atom is -0.326 e. The third-order valence-electron chi connectivity index (χ3n) is 4.02. The van der Waals surface area contributed by atoms with Crippen molar-refractivity contribution >= 4 is 0 Å². The Hall–Kier alpha value is -0.860. The molecule has 0 aromatic heterocycles. The zero-order valence-corrected chi connectivity index (χ0v) is 11.4. The van der Waals surface area contributed by atoms with Crippen molar-refractivity contribution in [2.24, 2.45) is 5.73 Å². The molecule has 1 aliphatic heterocycles. The molecule has 2 rings (SSSR count). The van der Waals surface area contributed by atoms with E-state index in [4.69, 9.17) is 5.73 Å². The largest absolute Gasteiger partial charge is 0.326 e. The third-order valence-corrected chi connectivity index (χ3v) is 4.02. The highest BCUT2D eigenvalue weighted by atomic mass is 15.2. The van der Waals surface area contributed by atoms with Crippen molar-refractivity contribution in [3.05, 3.63) is 34.9 Å². The van der Waals surface area contributed by atoms with Crippen LogP contribution in [-0.2, 0) is 0 Å². The van der Waals surface area contributed by atoms with Crippen LogP contribution in [0.25, 0.3) is 0 Å². The molecule has 1 aliphatic rings. The van der Waals surface area contributed by atoms with Gasteiger partial charge < -0.3 is 5.73 Å². The lowest BCUT2D eigenvalue weighted by Gasteiger charge is -2.30. The molecule has 2 unspecified atom stereocenters. The first-order valence-electron chi connectivity index (χ1n) is 6.59. The third kappa shape index (κ3) is 2.38. The predicted molar refractivity (Wildman–Crippen MR) is 73.1 cm³/mol. The van der Waals surface area contributed by atoms with E-state index in [2.05, 4.69) is 50.8 Å². The molecule has 1 saturated heterocycles. The van der Waals surface area contributed by atoms with Crippen LogP contribution in [0, 0.1) is 13.8 Å². The molecule has 2 heteroatoms. The van der Waals surface area contributed by atoms with E-state index in [1.54, 1.807) is 0 Å². The number of likely N-dealkylation sites (tertiary alicyclic amines) is 1. The highest BCUT2D eigenvalue weighted by Gasteiger charge is 2.34. The average molecular weight is 232 g/mol. The van der Waals surface area contributed by atoms with Crippen molar-refractivity contribution in [3.63, 3.8) is 0 Å². The van der Waals surface area contributed by atoms with Gasteiger partial charge in [-0.3, -0.25) is 4.90 Å². The second kappa shape index (κ2) is 4.79. The monoisotopic (exact) mass is 232 g/mol. The van der Waals surface area contributed by atoms with E-state index in [-0.39, 0.29) is 6.04 Å².